The summed E-state index contributed by atoms with van der Waals surface area (Å²) in [5.74, 6) is 0.333. The van der Waals surface area contributed by atoms with Crippen molar-refractivity contribution in [3.05, 3.63) is 68.7 Å². The monoisotopic (exact) mass is 505 g/mol. The molecule has 0 aliphatic carbocycles. The number of rotatable bonds is 5. The standard InChI is InChI=1S/C26H25ClFN7O/c1-31-21-5-4-19(10-18(21)13-30)35-24(15-2-3-16(12-29)20(28)11-15)33-25(23(27)26(35)36)34-9-7-22-17(14-34)6-8-32-22/h2-5,10-11,13,17,22,30-32H,6-9,14H2,1H3. The lowest BCUT2D eigenvalue weighted by Crippen LogP contribution is -2.45. The first-order valence-corrected chi connectivity index (χ1v) is 12.2. The lowest BCUT2D eigenvalue weighted by atomic mass is 9.93. The highest BCUT2D eigenvalue weighted by molar-refractivity contribution is 6.32. The van der Waals surface area contributed by atoms with E-state index < -0.39 is 11.4 Å². The summed E-state index contributed by atoms with van der Waals surface area (Å²) in [4.78, 5) is 20.6. The van der Waals surface area contributed by atoms with Crippen LogP contribution in [0, 0.1) is 28.5 Å². The Kier molecular flexibility index (Phi) is 6.48. The van der Waals surface area contributed by atoms with E-state index in [-0.39, 0.29) is 16.4 Å². The Morgan fingerprint density at radius 2 is 2.14 bits per heavy atom. The number of nitriles is 1. The van der Waals surface area contributed by atoms with Crippen LogP contribution in [0.2, 0.25) is 5.02 Å². The number of anilines is 2. The second-order valence-corrected chi connectivity index (χ2v) is 9.41. The van der Waals surface area contributed by atoms with Crippen molar-refractivity contribution in [2.45, 2.75) is 18.9 Å². The van der Waals surface area contributed by atoms with E-state index >= 15 is 0 Å². The summed E-state index contributed by atoms with van der Waals surface area (Å²) < 4.78 is 16.0. The van der Waals surface area contributed by atoms with E-state index in [0.29, 0.717) is 41.1 Å². The molecule has 0 bridgehead atoms. The molecule has 5 rings (SSSR count). The van der Waals surface area contributed by atoms with Crippen molar-refractivity contribution < 1.29 is 4.39 Å². The van der Waals surface area contributed by atoms with E-state index in [1.165, 1.54) is 22.9 Å². The number of benzene rings is 2. The Morgan fingerprint density at radius 1 is 1.31 bits per heavy atom. The van der Waals surface area contributed by atoms with Crippen LogP contribution in [-0.4, -0.2) is 48.5 Å². The zero-order chi connectivity index (χ0) is 25.4. The van der Waals surface area contributed by atoms with E-state index in [4.69, 9.17) is 22.0 Å². The van der Waals surface area contributed by atoms with Crippen molar-refractivity contribution in [1.29, 1.82) is 10.7 Å². The van der Waals surface area contributed by atoms with E-state index in [0.717, 1.165) is 31.6 Å². The number of aromatic nitrogens is 2. The molecule has 8 nitrogen and oxygen atoms in total. The summed E-state index contributed by atoms with van der Waals surface area (Å²) >= 11 is 6.67. The van der Waals surface area contributed by atoms with Gasteiger partial charge in [0.05, 0.1) is 11.3 Å². The molecule has 0 amide bonds. The van der Waals surface area contributed by atoms with Crippen molar-refractivity contribution in [3.8, 4) is 23.1 Å². The maximum atomic E-state index is 14.7. The second kappa shape index (κ2) is 9.72. The molecule has 0 spiro atoms. The van der Waals surface area contributed by atoms with Crippen LogP contribution >= 0.6 is 11.6 Å². The smallest absolute Gasteiger partial charge is 0.279 e. The fourth-order valence-electron chi connectivity index (χ4n) is 5.15. The zero-order valence-electron chi connectivity index (χ0n) is 19.7. The third-order valence-corrected chi connectivity index (χ3v) is 7.36. The maximum absolute atomic E-state index is 14.7. The van der Waals surface area contributed by atoms with Crippen LogP contribution in [0.3, 0.4) is 0 Å². The molecule has 3 aromatic rings. The number of hydrogen-bond donors (Lipinski definition) is 3. The SMILES string of the molecule is CNc1ccc(-n2c(-c3ccc(C#N)c(F)c3)nc(N3CCC4NCCC4C3)c(Cl)c2=O)cc1C=N. The predicted molar refractivity (Wildman–Crippen MR) is 139 cm³/mol. The van der Waals surface area contributed by atoms with E-state index in [9.17, 15) is 14.4 Å². The average molecular weight is 506 g/mol. The van der Waals surface area contributed by atoms with Crippen LogP contribution in [-0.2, 0) is 0 Å². The van der Waals surface area contributed by atoms with Gasteiger partial charge in [0.25, 0.3) is 5.56 Å². The molecule has 3 N–H and O–H groups in total. The fourth-order valence-corrected chi connectivity index (χ4v) is 5.40. The first-order valence-electron chi connectivity index (χ1n) is 11.8. The third-order valence-electron chi connectivity index (χ3n) is 7.03. The Balaban J connectivity index is 1.71. The lowest BCUT2D eigenvalue weighted by Gasteiger charge is -2.36. The topological polar surface area (TPSA) is 110 Å². The fraction of sp³-hybridized carbons (Fsp3) is 0.308. The first-order chi connectivity index (χ1) is 17.4. The molecule has 1 aromatic heterocycles. The Bertz CT molecular complexity index is 1450. The van der Waals surface area contributed by atoms with Crippen molar-refractivity contribution in [3.63, 3.8) is 0 Å². The molecule has 2 saturated heterocycles. The van der Waals surface area contributed by atoms with Gasteiger partial charge in [0.15, 0.2) is 5.82 Å². The number of fused-ring (bicyclic) bond motifs is 1. The van der Waals surface area contributed by atoms with Crippen molar-refractivity contribution in [1.82, 2.24) is 14.9 Å². The van der Waals surface area contributed by atoms with Gasteiger partial charge in [-0.15, -0.1) is 0 Å². The molecule has 2 atom stereocenters. The van der Waals surface area contributed by atoms with Gasteiger partial charge in [-0.3, -0.25) is 9.36 Å². The van der Waals surface area contributed by atoms with E-state index in [1.807, 2.05) is 11.0 Å². The molecular weight excluding hydrogens is 481 g/mol. The third kappa shape index (κ3) is 4.12. The van der Waals surface area contributed by atoms with Crippen LogP contribution in [0.25, 0.3) is 17.1 Å². The van der Waals surface area contributed by atoms with Crippen LogP contribution in [0.5, 0.6) is 0 Å². The molecule has 10 heteroatoms. The molecule has 2 aliphatic rings. The normalized spacial score (nSPS) is 19.0. The molecule has 184 valence electrons. The number of piperidine rings is 1. The molecule has 3 heterocycles. The van der Waals surface area contributed by atoms with Gasteiger partial charge in [0.1, 0.15) is 22.7 Å². The summed E-state index contributed by atoms with van der Waals surface area (Å²) in [6.45, 7) is 2.39. The van der Waals surface area contributed by atoms with Gasteiger partial charge in [-0.25, -0.2) is 9.37 Å². The van der Waals surface area contributed by atoms with Gasteiger partial charge >= 0.3 is 0 Å². The minimum atomic E-state index is -0.698. The molecule has 2 aliphatic heterocycles. The second-order valence-electron chi connectivity index (χ2n) is 9.03. The van der Waals surface area contributed by atoms with Crippen LogP contribution in [0.4, 0.5) is 15.9 Å². The Hall–Kier alpha value is -3.74. The van der Waals surface area contributed by atoms with Crippen LogP contribution in [0.15, 0.2) is 41.2 Å². The summed E-state index contributed by atoms with van der Waals surface area (Å²) in [5.41, 5.74) is 1.49. The predicted octanol–water partition coefficient (Wildman–Crippen LogP) is 3.79. The molecular formula is C26H25ClFN7O. The zero-order valence-corrected chi connectivity index (χ0v) is 20.4. The minimum absolute atomic E-state index is 0.00799. The Morgan fingerprint density at radius 3 is 2.86 bits per heavy atom. The molecule has 2 fully saturated rings. The van der Waals surface area contributed by atoms with Gasteiger partial charge < -0.3 is 20.9 Å². The van der Waals surface area contributed by atoms with Gasteiger partial charge in [-0.1, -0.05) is 11.6 Å². The highest BCUT2D eigenvalue weighted by Crippen LogP contribution is 2.33. The van der Waals surface area contributed by atoms with Crippen molar-refractivity contribution >= 4 is 29.3 Å². The quantitative estimate of drug-likeness (QED) is 0.455. The highest BCUT2D eigenvalue weighted by Gasteiger charge is 2.34. The maximum Gasteiger partial charge on any atom is 0.279 e. The van der Waals surface area contributed by atoms with Gasteiger partial charge in [-0.05, 0) is 61.7 Å². The van der Waals surface area contributed by atoms with Crippen LogP contribution < -0.4 is 21.1 Å². The number of nitrogens with one attached hydrogen (secondary N) is 3. The number of hydrogen-bond acceptors (Lipinski definition) is 7. The highest BCUT2D eigenvalue weighted by atomic mass is 35.5. The van der Waals surface area contributed by atoms with Gasteiger partial charge in [0, 0.05) is 49.2 Å². The first kappa shape index (κ1) is 24.0. The number of nitrogens with zero attached hydrogens (tertiary/aromatic N) is 4. The molecule has 36 heavy (non-hydrogen) atoms. The summed E-state index contributed by atoms with van der Waals surface area (Å²) in [6, 6.07) is 11.6. The van der Waals surface area contributed by atoms with Crippen molar-refractivity contribution in [2.75, 3.05) is 36.9 Å². The van der Waals surface area contributed by atoms with Crippen molar-refractivity contribution in [2.24, 2.45) is 5.92 Å². The van der Waals surface area contributed by atoms with E-state index in [1.54, 1.807) is 31.3 Å². The van der Waals surface area contributed by atoms with Crippen LogP contribution in [0.1, 0.15) is 24.0 Å². The Labute approximate surface area is 212 Å². The van der Waals surface area contributed by atoms with Gasteiger partial charge in [0.2, 0.25) is 0 Å². The summed E-state index contributed by atoms with van der Waals surface area (Å²) in [7, 11) is 1.75. The van der Waals surface area contributed by atoms with Gasteiger partial charge in [-0.2, -0.15) is 5.26 Å². The lowest BCUT2D eigenvalue weighted by molar-refractivity contribution is 0.375. The molecule has 2 aromatic carbocycles. The average Bonchev–Trinajstić information content (AvgIpc) is 3.37. The summed E-state index contributed by atoms with van der Waals surface area (Å²) in [5, 5.41) is 23.5. The molecule has 0 radical (unpaired) electrons. The minimum Gasteiger partial charge on any atom is -0.388 e. The molecule has 0 saturated carbocycles. The molecule has 2 unspecified atom stereocenters. The largest absolute Gasteiger partial charge is 0.388 e. The number of halogens is 2. The van der Waals surface area contributed by atoms with E-state index in [2.05, 4.69) is 10.6 Å². The summed E-state index contributed by atoms with van der Waals surface area (Å²) in [6.07, 6.45) is 3.15.